The van der Waals surface area contributed by atoms with Crippen LogP contribution in [-0.2, 0) is 4.79 Å². The molecule has 1 aliphatic carbocycles. The number of hydrogen-bond donors (Lipinski definition) is 0. The Morgan fingerprint density at radius 1 is 1.55 bits per heavy atom. The van der Waals surface area contributed by atoms with Gasteiger partial charge in [0.15, 0.2) is 5.78 Å². The van der Waals surface area contributed by atoms with Crippen LogP contribution < -0.4 is 0 Å². The summed E-state index contributed by atoms with van der Waals surface area (Å²) >= 11 is 12.0. The third-order valence-corrected chi connectivity index (χ3v) is 3.75. The molecule has 0 heterocycles. The second-order valence-corrected chi connectivity index (χ2v) is 4.33. The van der Waals surface area contributed by atoms with E-state index in [-0.39, 0.29) is 11.2 Å². The van der Waals surface area contributed by atoms with Crippen molar-refractivity contribution in [2.75, 3.05) is 0 Å². The molecule has 0 saturated heterocycles. The highest BCUT2D eigenvalue weighted by atomic mass is 35.5. The Balaban J connectivity index is 2.72. The maximum atomic E-state index is 11.1. The second kappa shape index (κ2) is 3.32. The van der Waals surface area contributed by atoms with E-state index >= 15 is 0 Å². The Morgan fingerprint density at radius 3 is 2.55 bits per heavy atom. The normalized spacial score (nSPS) is 38.6. The lowest BCUT2D eigenvalue weighted by Crippen LogP contribution is -2.42. The molecule has 0 aromatic carbocycles. The summed E-state index contributed by atoms with van der Waals surface area (Å²) in [5.74, 6) is 0.0128. The molecule has 1 saturated carbocycles. The van der Waals surface area contributed by atoms with Crippen molar-refractivity contribution < 1.29 is 4.79 Å². The molecule has 64 valence electrons. The lowest BCUT2D eigenvalue weighted by molar-refractivity contribution is -0.120. The fourth-order valence-electron chi connectivity index (χ4n) is 1.49. The molecule has 0 aromatic heterocycles. The Kier molecular flexibility index (Phi) is 2.82. The maximum absolute atomic E-state index is 11.1. The van der Waals surface area contributed by atoms with E-state index in [2.05, 4.69) is 0 Å². The van der Waals surface area contributed by atoms with Crippen LogP contribution in [-0.4, -0.2) is 16.0 Å². The largest absolute Gasteiger partial charge is 0.298 e. The predicted octanol–water partition coefficient (Wildman–Crippen LogP) is 2.73. The fourth-order valence-corrected chi connectivity index (χ4v) is 2.15. The van der Waals surface area contributed by atoms with Gasteiger partial charge in [0.25, 0.3) is 0 Å². The van der Waals surface area contributed by atoms with Crippen molar-refractivity contribution in [1.29, 1.82) is 0 Å². The third kappa shape index (κ3) is 1.70. The molecule has 1 fully saturated rings. The summed E-state index contributed by atoms with van der Waals surface area (Å²) < 4.78 is 0. The minimum absolute atomic E-state index is 0.0128. The van der Waals surface area contributed by atoms with Crippen LogP contribution >= 0.6 is 23.2 Å². The summed E-state index contributed by atoms with van der Waals surface area (Å²) in [4.78, 5) is 10.4. The summed E-state index contributed by atoms with van der Waals surface area (Å²) in [6.07, 6.45) is 3.71. The van der Waals surface area contributed by atoms with Crippen LogP contribution in [0.15, 0.2) is 0 Å². The zero-order valence-corrected chi connectivity index (χ0v) is 8.08. The van der Waals surface area contributed by atoms with E-state index in [9.17, 15) is 4.79 Å². The predicted molar refractivity (Wildman–Crippen MR) is 47.4 cm³/mol. The van der Waals surface area contributed by atoms with Crippen molar-refractivity contribution in [3.05, 3.63) is 0 Å². The van der Waals surface area contributed by atoms with Crippen LogP contribution in [0.5, 0.6) is 0 Å². The Hall–Kier alpha value is 0.250. The molecule has 0 aromatic rings. The fraction of sp³-hybridized carbons (Fsp3) is 0.875. The van der Waals surface area contributed by atoms with Gasteiger partial charge < -0.3 is 0 Å². The second-order valence-electron chi connectivity index (χ2n) is 3.13. The maximum Gasteiger partial charge on any atom is 0.152 e. The number of ketones is 1. The van der Waals surface area contributed by atoms with Gasteiger partial charge >= 0.3 is 0 Å². The number of halogens is 2. The van der Waals surface area contributed by atoms with Gasteiger partial charge in [0, 0.05) is 0 Å². The molecule has 1 aliphatic rings. The van der Waals surface area contributed by atoms with E-state index < -0.39 is 4.87 Å². The first kappa shape index (κ1) is 9.34. The number of rotatable bonds is 1. The monoisotopic (exact) mass is 194 g/mol. The summed E-state index contributed by atoms with van der Waals surface area (Å²) in [6, 6.07) is 0. The van der Waals surface area contributed by atoms with Crippen LogP contribution in [0.3, 0.4) is 0 Å². The highest BCUT2D eigenvalue weighted by molar-refractivity contribution is 6.41. The standard InChI is InChI=1S/C8H12Cl2O/c1-6(11)8(10)5-3-2-4-7(8)9/h7H,2-5H2,1H3. The van der Waals surface area contributed by atoms with Gasteiger partial charge in [0.1, 0.15) is 4.87 Å². The van der Waals surface area contributed by atoms with E-state index in [1.54, 1.807) is 0 Å². The molecule has 3 heteroatoms. The molecular formula is C8H12Cl2O. The van der Waals surface area contributed by atoms with Gasteiger partial charge in [-0.25, -0.2) is 0 Å². The van der Waals surface area contributed by atoms with Gasteiger partial charge in [-0.3, -0.25) is 4.79 Å². The molecule has 0 amide bonds. The van der Waals surface area contributed by atoms with Crippen LogP contribution in [0.2, 0.25) is 0 Å². The number of carbonyl (C=O) groups excluding carboxylic acids is 1. The zero-order valence-electron chi connectivity index (χ0n) is 6.57. The van der Waals surface area contributed by atoms with Gasteiger partial charge in [-0.2, -0.15) is 0 Å². The van der Waals surface area contributed by atoms with Crippen LogP contribution in [0.1, 0.15) is 32.6 Å². The summed E-state index contributed by atoms with van der Waals surface area (Å²) in [6.45, 7) is 1.52. The molecule has 2 unspecified atom stereocenters. The van der Waals surface area contributed by atoms with E-state index in [4.69, 9.17) is 23.2 Å². The summed E-state index contributed by atoms with van der Waals surface area (Å²) in [5, 5.41) is -0.171. The van der Waals surface area contributed by atoms with Crippen molar-refractivity contribution in [1.82, 2.24) is 0 Å². The first-order valence-electron chi connectivity index (χ1n) is 3.91. The van der Waals surface area contributed by atoms with Gasteiger partial charge in [0.05, 0.1) is 5.38 Å². The first-order chi connectivity index (χ1) is 5.07. The quantitative estimate of drug-likeness (QED) is 0.588. The number of hydrogen-bond acceptors (Lipinski definition) is 1. The van der Waals surface area contributed by atoms with E-state index in [0.717, 1.165) is 25.7 Å². The van der Waals surface area contributed by atoms with Crippen LogP contribution in [0.25, 0.3) is 0 Å². The minimum Gasteiger partial charge on any atom is -0.298 e. The van der Waals surface area contributed by atoms with Gasteiger partial charge in [0.2, 0.25) is 0 Å². The number of alkyl halides is 2. The molecular weight excluding hydrogens is 183 g/mol. The van der Waals surface area contributed by atoms with Gasteiger partial charge in [-0.05, 0) is 19.8 Å². The molecule has 0 radical (unpaired) electrons. The lowest BCUT2D eigenvalue weighted by Gasteiger charge is -2.33. The Labute approximate surface area is 77.1 Å². The van der Waals surface area contributed by atoms with Crippen LogP contribution in [0, 0.1) is 0 Å². The Morgan fingerprint density at radius 2 is 2.18 bits per heavy atom. The van der Waals surface area contributed by atoms with Gasteiger partial charge in [-0.1, -0.05) is 12.8 Å². The third-order valence-electron chi connectivity index (χ3n) is 2.33. The minimum atomic E-state index is -0.764. The summed E-state index contributed by atoms with van der Waals surface area (Å²) in [7, 11) is 0. The molecule has 0 N–H and O–H groups in total. The number of carbonyl (C=O) groups is 1. The average molecular weight is 195 g/mol. The lowest BCUT2D eigenvalue weighted by atomic mass is 9.85. The number of Topliss-reactive ketones (excluding diaryl/α,β-unsaturated/α-hetero) is 1. The molecule has 11 heavy (non-hydrogen) atoms. The average Bonchev–Trinajstić information content (AvgIpc) is 1.95. The van der Waals surface area contributed by atoms with E-state index in [0.29, 0.717) is 0 Å². The zero-order chi connectivity index (χ0) is 8.48. The van der Waals surface area contributed by atoms with Crippen molar-refractivity contribution in [3.63, 3.8) is 0 Å². The van der Waals surface area contributed by atoms with E-state index in [1.165, 1.54) is 6.92 Å². The molecule has 1 nitrogen and oxygen atoms in total. The van der Waals surface area contributed by atoms with Crippen molar-refractivity contribution in [2.45, 2.75) is 42.9 Å². The molecule has 0 aliphatic heterocycles. The smallest absolute Gasteiger partial charge is 0.152 e. The van der Waals surface area contributed by atoms with Crippen molar-refractivity contribution in [2.24, 2.45) is 0 Å². The topological polar surface area (TPSA) is 17.1 Å². The van der Waals surface area contributed by atoms with Crippen LogP contribution in [0.4, 0.5) is 0 Å². The van der Waals surface area contributed by atoms with Crippen molar-refractivity contribution >= 4 is 29.0 Å². The highest BCUT2D eigenvalue weighted by Gasteiger charge is 2.41. The first-order valence-corrected chi connectivity index (χ1v) is 4.73. The van der Waals surface area contributed by atoms with Crippen molar-refractivity contribution in [3.8, 4) is 0 Å². The summed E-state index contributed by atoms with van der Waals surface area (Å²) in [5.41, 5.74) is 0. The molecule has 2 atom stereocenters. The molecule has 0 bridgehead atoms. The SMILES string of the molecule is CC(=O)C1(Cl)CCCCC1Cl. The van der Waals surface area contributed by atoms with E-state index in [1.807, 2.05) is 0 Å². The molecule has 0 spiro atoms. The highest BCUT2D eigenvalue weighted by Crippen LogP contribution is 2.38. The van der Waals surface area contributed by atoms with Gasteiger partial charge in [-0.15, -0.1) is 23.2 Å². The Bertz CT molecular complexity index is 169. The molecule has 1 rings (SSSR count).